The van der Waals surface area contributed by atoms with Crippen LogP contribution < -0.4 is 9.46 Å². The number of carbonyl (C=O) groups is 1. The lowest BCUT2D eigenvalue weighted by Crippen LogP contribution is -2.36. The number of sulfonamides is 1. The molecule has 1 N–H and O–H groups in total. The van der Waals surface area contributed by atoms with Gasteiger partial charge in [0.2, 0.25) is 10.0 Å². The molecule has 26 heavy (non-hydrogen) atoms. The largest absolute Gasteiger partial charge is 0.484 e. The molecule has 0 unspecified atom stereocenters. The molecule has 2 aromatic carbocycles. The van der Waals surface area contributed by atoms with Crippen molar-refractivity contribution < 1.29 is 17.9 Å². The first kappa shape index (κ1) is 20.0. The van der Waals surface area contributed by atoms with E-state index in [4.69, 9.17) is 4.74 Å². The predicted octanol–water partition coefficient (Wildman–Crippen LogP) is 3.05. The molecule has 1 amide bonds. The van der Waals surface area contributed by atoms with Crippen LogP contribution in [-0.2, 0) is 26.7 Å². The van der Waals surface area contributed by atoms with Gasteiger partial charge in [0, 0.05) is 0 Å². The molecule has 0 aliphatic carbocycles. The molecule has 0 spiro atoms. The smallest absolute Gasteiger partial charge is 0.271 e. The summed E-state index contributed by atoms with van der Waals surface area (Å²) >= 11 is 0. The Labute approximate surface area is 155 Å². The van der Waals surface area contributed by atoms with E-state index in [1.807, 2.05) is 53.3 Å². The topological polar surface area (TPSA) is 72.5 Å². The average molecular weight is 375 g/mol. The number of aryl methyl sites for hydroxylation is 1. The highest BCUT2D eigenvalue weighted by atomic mass is 32.2. The second kappa shape index (κ2) is 8.36. The molecule has 6 heteroatoms. The number of benzene rings is 2. The third-order valence-electron chi connectivity index (χ3n) is 3.84. The van der Waals surface area contributed by atoms with Crippen LogP contribution in [0.3, 0.4) is 0 Å². The van der Waals surface area contributed by atoms with E-state index in [1.54, 1.807) is 6.07 Å². The van der Waals surface area contributed by atoms with Gasteiger partial charge in [-0.1, -0.05) is 63.2 Å². The van der Waals surface area contributed by atoms with Crippen molar-refractivity contribution in [3.05, 3.63) is 65.7 Å². The van der Waals surface area contributed by atoms with Crippen LogP contribution in [0.4, 0.5) is 0 Å². The molecule has 0 fully saturated rings. The molecule has 0 heterocycles. The Kier molecular flexibility index (Phi) is 6.42. The van der Waals surface area contributed by atoms with Crippen LogP contribution in [0.15, 0.2) is 54.6 Å². The summed E-state index contributed by atoms with van der Waals surface area (Å²) < 4.78 is 31.5. The molecule has 0 saturated heterocycles. The molecular formula is C20H25NO4S. The molecule has 2 rings (SSSR count). The van der Waals surface area contributed by atoms with Gasteiger partial charge in [-0.2, -0.15) is 0 Å². The standard InChI is InChI=1S/C20H25NO4S/c1-20(2,3)17-10-7-11-18(14-17)25-15-19(22)21-26(23,24)13-12-16-8-5-4-6-9-16/h4-11,14H,12-13,15H2,1-3H3,(H,21,22). The van der Waals surface area contributed by atoms with Gasteiger partial charge in [0.25, 0.3) is 5.91 Å². The molecule has 0 radical (unpaired) electrons. The van der Waals surface area contributed by atoms with Crippen molar-refractivity contribution in [2.45, 2.75) is 32.6 Å². The number of hydrogen-bond acceptors (Lipinski definition) is 4. The Morgan fingerprint density at radius 1 is 1.04 bits per heavy atom. The van der Waals surface area contributed by atoms with Crippen LogP contribution in [0.5, 0.6) is 5.75 Å². The van der Waals surface area contributed by atoms with Gasteiger partial charge in [0.15, 0.2) is 6.61 Å². The minimum Gasteiger partial charge on any atom is -0.484 e. The fourth-order valence-corrected chi connectivity index (χ4v) is 3.36. The molecule has 0 aliphatic rings. The molecular weight excluding hydrogens is 350 g/mol. The van der Waals surface area contributed by atoms with Crippen molar-refractivity contribution in [2.24, 2.45) is 0 Å². The number of ether oxygens (including phenoxy) is 1. The molecule has 0 bridgehead atoms. The Balaban J connectivity index is 1.86. The van der Waals surface area contributed by atoms with E-state index >= 15 is 0 Å². The third-order valence-corrected chi connectivity index (χ3v) is 5.12. The van der Waals surface area contributed by atoms with E-state index in [2.05, 4.69) is 20.8 Å². The van der Waals surface area contributed by atoms with Gasteiger partial charge in [-0.3, -0.25) is 9.52 Å². The van der Waals surface area contributed by atoms with E-state index in [0.717, 1.165) is 11.1 Å². The lowest BCUT2D eigenvalue weighted by atomic mass is 9.87. The van der Waals surface area contributed by atoms with Gasteiger partial charge in [-0.15, -0.1) is 0 Å². The zero-order chi connectivity index (χ0) is 19.2. The highest BCUT2D eigenvalue weighted by Crippen LogP contribution is 2.25. The second-order valence-corrected chi connectivity index (χ2v) is 8.99. The van der Waals surface area contributed by atoms with Gasteiger partial charge in [0.05, 0.1) is 5.75 Å². The number of hydrogen-bond donors (Lipinski definition) is 1. The maximum absolute atomic E-state index is 12.0. The Bertz CT molecular complexity index is 840. The molecule has 0 aromatic heterocycles. The summed E-state index contributed by atoms with van der Waals surface area (Å²) in [5.74, 6) is -0.295. The fraction of sp³-hybridized carbons (Fsp3) is 0.350. The first-order valence-electron chi connectivity index (χ1n) is 8.46. The highest BCUT2D eigenvalue weighted by Gasteiger charge is 2.17. The van der Waals surface area contributed by atoms with Crippen molar-refractivity contribution in [2.75, 3.05) is 12.4 Å². The van der Waals surface area contributed by atoms with E-state index in [1.165, 1.54) is 0 Å². The van der Waals surface area contributed by atoms with Crippen LogP contribution in [0.2, 0.25) is 0 Å². The van der Waals surface area contributed by atoms with Crippen LogP contribution in [0.25, 0.3) is 0 Å². The number of rotatable bonds is 7. The van der Waals surface area contributed by atoms with Crippen molar-refractivity contribution in [1.29, 1.82) is 0 Å². The summed E-state index contributed by atoms with van der Waals surface area (Å²) in [6, 6.07) is 16.7. The van der Waals surface area contributed by atoms with Crippen LogP contribution in [0.1, 0.15) is 31.9 Å². The predicted molar refractivity (Wildman–Crippen MR) is 103 cm³/mol. The molecule has 0 atom stereocenters. The first-order valence-corrected chi connectivity index (χ1v) is 10.1. The Morgan fingerprint density at radius 2 is 1.73 bits per heavy atom. The van der Waals surface area contributed by atoms with Gasteiger partial charge in [-0.05, 0) is 35.1 Å². The van der Waals surface area contributed by atoms with Gasteiger partial charge in [0.1, 0.15) is 5.75 Å². The third kappa shape index (κ3) is 6.52. The normalized spacial score (nSPS) is 11.8. The van der Waals surface area contributed by atoms with Crippen molar-refractivity contribution in [3.63, 3.8) is 0 Å². The average Bonchev–Trinajstić information content (AvgIpc) is 2.58. The van der Waals surface area contributed by atoms with Crippen molar-refractivity contribution in [3.8, 4) is 5.75 Å². The van der Waals surface area contributed by atoms with Gasteiger partial charge in [-0.25, -0.2) is 8.42 Å². The monoisotopic (exact) mass is 375 g/mol. The van der Waals surface area contributed by atoms with Crippen molar-refractivity contribution in [1.82, 2.24) is 4.72 Å². The summed E-state index contributed by atoms with van der Waals surface area (Å²) in [6.07, 6.45) is 0.345. The van der Waals surface area contributed by atoms with E-state index in [9.17, 15) is 13.2 Å². The second-order valence-electron chi connectivity index (χ2n) is 7.15. The lowest BCUT2D eigenvalue weighted by molar-refractivity contribution is -0.121. The van der Waals surface area contributed by atoms with Crippen LogP contribution in [-0.4, -0.2) is 26.7 Å². The Morgan fingerprint density at radius 3 is 2.38 bits per heavy atom. The highest BCUT2D eigenvalue weighted by molar-refractivity contribution is 7.90. The Hall–Kier alpha value is -2.34. The molecule has 140 valence electrons. The minimum atomic E-state index is -3.69. The summed E-state index contributed by atoms with van der Waals surface area (Å²) in [7, 11) is -3.69. The summed E-state index contributed by atoms with van der Waals surface area (Å²) in [6.45, 7) is 5.90. The lowest BCUT2D eigenvalue weighted by Gasteiger charge is -2.19. The molecule has 5 nitrogen and oxygen atoms in total. The zero-order valence-electron chi connectivity index (χ0n) is 15.4. The number of carbonyl (C=O) groups excluding carboxylic acids is 1. The summed E-state index contributed by atoms with van der Waals surface area (Å²) in [4.78, 5) is 11.9. The first-order chi connectivity index (χ1) is 12.2. The minimum absolute atomic E-state index is 0.0393. The quantitative estimate of drug-likeness (QED) is 0.807. The number of amides is 1. The van der Waals surface area contributed by atoms with Gasteiger partial charge >= 0.3 is 0 Å². The number of nitrogens with one attached hydrogen (secondary N) is 1. The maximum atomic E-state index is 12.0. The molecule has 0 aliphatic heterocycles. The zero-order valence-corrected chi connectivity index (χ0v) is 16.2. The van der Waals surface area contributed by atoms with E-state index in [-0.39, 0.29) is 17.8 Å². The SMILES string of the molecule is CC(C)(C)c1cccc(OCC(=O)NS(=O)(=O)CCc2ccccc2)c1. The fourth-order valence-electron chi connectivity index (χ4n) is 2.35. The molecule has 2 aromatic rings. The molecule has 0 saturated carbocycles. The summed E-state index contributed by atoms with van der Waals surface area (Å²) in [5, 5.41) is 0. The van der Waals surface area contributed by atoms with Gasteiger partial charge < -0.3 is 4.74 Å². The van der Waals surface area contributed by atoms with Crippen LogP contribution in [0, 0.1) is 0 Å². The maximum Gasteiger partial charge on any atom is 0.271 e. The van der Waals surface area contributed by atoms with E-state index in [0.29, 0.717) is 12.2 Å². The van der Waals surface area contributed by atoms with Crippen LogP contribution >= 0.6 is 0 Å². The van der Waals surface area contributed by atoms with E-state index < -0.39 is 15.9 Å². The van der Waals surface area contributed by atoms with Crippen molar-refractivity contribution >= 4 is 15.9 Å². The summed E-state index contributed by atoms with van der Waals surface area (Å²) in [5.41, 5.74) is 1.94.